The molecule has 0 saturated carbocycles. The highest BCUT2D eigenvalue weighted by Crippen LogP contribution is 2.30. The van der Waals surface area contributed by atoms with Gasteiger partial charge in [-0.3, -0.25) is 4.79 Å². The van der Waals surface area contributed by atoms with Gasteiger partial charge in [-0.2, -0.15) is 0 Å². The van der Waals surface area contributed by atoms with E-state index in [2.05, 4.69) is 13.8 Å². The predicted octanol–water partition coefficient (Wildman–Crippen LogP) is 2.41. The molecule has 0 spiro atoms. The second-order valence-electron chi connectivity index (χ2n) is 6.40. The zero-order valence-corrected chi connectivity index (χ0v) is 12.5. The summed E-state index contributed by atoms with van der Waals surface area (Å²) in [5.74, 6) is -0.961. The Kier molecular flexibility index (Phi) is 5.20. The minimum atomic E-state index is -0.961. The number of urea groups is 1. The highest BCUT2D eigenvalue weighted by molar-refractivity contribution is 5.80. The minimum Gasteiger partial charge on any atom is -0.480 e. The molecule has 1 saturated heterocycles. The van der Waals surface area contributed by atoms with E-state index < -0.39 is 5.97 Å². The summed E-state index contributed by atoms with van der Waals surface area (Å²) < 4.78 is 0. The van der Waals surface area contributed by atoms with Crippen LogP contribution in [0.5, 0.6) is 0 Å². The summed E-state index contributed by atoms with van der Waals surface area (Å²) in [5.41, 5.74) is 0.268. The van der Waals surface area contributed by atoms with Crippen molar-refractivity contribution in [3.8, 4) is 0 Å². The van der Waals surface area contributed by atoms with Crippen LogP contribution in [0.25, 0.3) is 0 Å². The van der Waals surface area contributed by atoms with E-state index in [1.807, 2.05) is 13.8 Å². The van der Waals surface area contributed by atoms with Crippen LogP contribution in [0.1, 0.15) is 47.0 Å². The van der Waals surface area contributed by atoms with Crippen molar-refractivity contribution in [3.63, 3.8) is 0 Å². The molecule has 1 N–H and O–H groups in total. The number of carbonyl (C=O) groups excluding carboxylic acids is 1. The number of aliphatic carboxylic acids is 1. The molecule has 5 heteroatoms. The standard InChI is InChI=1S/C14H26N2O3/c1-11(2)16(10-12(17)18)13(19)15-8-5-6-14(3,4)7-9-15/h11H,5-10H2,1-4H3,(H,17,18). The maximum Gasteiger partial charge on any atom is 0.323 e. The molecule has 1 heterocycles. The van der Waals surface area contributed by atoms with Crippen molar-refractivity contribution in [2.75, 3.05) is 19.6 Å². The van der Waals surface area contributed by atoms with Gasteiger partial charge < -0.3 is 14.9 Å². The normalized spacial score (nSPS) is 19.1. The monoisotopic (exact) mass is 270 g/mol. The molecule has 110 valence electrons. The number of nitrogens with zero attached hydrogens (tertiary/aromatic N) is 2. The van der Waals surface area contributed by atoms with Gasteiger partial charge in [-0.1, -0.05) is 13.8 Å². The molecule has 0 radical (unpaired) electrons. The van der Waals surface area contributed by atoms with Crippen LogP contribution in [0.3, 0.4) is 0 Å². The second kappa shape index (κ2) is 6.26. The molecular weight excluding hydrogens is 244 g/mol. The summed E-state index contributed by atoms with van der Waals surface area (Å²) in [5, 5.41) is 8.91. The number of hydrogen-bond acceptors (Lipinski definition) is 2. The van der Waals surface area contributed by atoms with Crippen molar-refractivity contribution in [2.24, 2.45) is 5.41 Å². The van der Waals surface area contributed by atoms with Crippen LogP contribution in [0.15, 0.2) is 0 Å². The first-order chi connectivity index (χ1) is 8.73. The number of amides is 2. The third kappa shape index (κ3) is 4.73. The molecule has 1 rings (SSSR count). The van der Waals surface area contributed by atoms with Crippen molar-refractivity contribution >= 4 is 12.0 Å². The fourth-order valence-corrected chi connectivity index (χ4v) is 2.41. The Morgan fingerprint density at radius 1 is 1.26 bits per heavy atom. The van der Waals surface area contributed by atoms with E-state index in [1.165, 1.54) is 4.90 Å². The van der Waals surface area contributed by atoms with Gasteiger partial charge >= 0.3 is 12.0 Å². The van der Waals surface area contributed by atoms with E-state index in [0.29, 0.717) is 6.54 Å². The molecule has 0 aromatic carbocycles. The van der Waals surface area contributed by atoms with E-state index in [4.69, 9.17) is 5.11 Å². The number of carbonyl (C=O) groups is 2. The Morgan fingerprint density at radius 2 is 1.89 bits per heavy atom. The Balaban J connectivity index is 2.71. The first-order valence-electron chi connectivity index (χ1n) is 7.00. The molecule has 2 amide bonds. The Bertz CT molecular complexity index is 340. The molecule has 0 bridgehead atoms. The lowest BCUT2D eigenvalue weighted by atomic mass is 9.85. The maximum atomic E-state index is 12.4. The number of hydrogen-bond donors (Lipinski definition) is 1. The maximum absolute atomic E-state index is 12.4. The average molecular weight is 270 g/mol. The van der Waals surface area contributed by atoms with Crippen LogP contribution in [0.2, 0.25) is 0 Å². The van der Waals surface area contributed by atoms with Gasteiger partial charge in [0, 0.05) is 19.1 Å². The van der Waals surface area contributed by atoms with E-state index in [9.17, 15) is 9.59 Å². The highest BCUT2D eigenvalue weighted by atomic mass is 16.4. The molecule has 0 aromatic heterocycles. The molecular formula is C14H26N2O3. The topological polar surface area (TPSA) is 60.9 Å². The van der Waals surface area contributed by atoms with Crippen LogP contribution in [0.4, 0.5) is 4.79 Å². The van der Waals surface area contributed by atoms with Crippen molar-refractivity contribution in [3.05, 3.63) is 0 Å². The molecule has 5 nitrogen and oxygen atoms in total. The molecule has 0 unspecified atom stereocenters. The summed E-state index contributed by atoms with van der Waals surface area (Å²) in [7, 11) is 0. The highest BCUT2D eigenvalue weighted by Gasteiger charge is 2.29. The zero-order valence-electron chi connectivity index (χ0n) is 12.5. The first-order valence-corrected chi connectivity index (χ1v) is 7.00. The van der Waals surface area contributed by atoms with Gasteiger partial charge in [0.2, 0.25) is 0 Å². The number of rotatable bonds is 3. The molecule has 1 aliphatic heterocycles. The molecule has 1 fully saturated rings. The summed E-state index contributed by atoms with van der Waals surface area (Å²) in [6.07, 6.45) is 3.06. The summed E-state index contributed by atoms with van der Waals surface area (Å²) >= 11 is 0. The van der Waals surface area contributed by atoms with Crippen LogP contribution >= 0.6 is 0 Å². The van der Waals surface area contributed by atoms with Gasteiger partial charge in [-0.25, -0.2) is 4.79 Å². The quantitative estimate of drug-likeness (QED) is 0.856. The van der Waals surface area contributed by atoms with E-state index >= 15 is 0 Å². The van der Waals surface area contributed by atoms with Gasteiger partial charge in [-0.15, -0.1) is 0 Å². The van der Waals surface area contributed by atoms with Gasteiger partial charge in [-0.05, 0) is 38.5 Å². The summed E-state index contributed by atoms with van der Waals surface area (Å²) in [6.45, 7) is 9.36. The van der Waals surface area contributed by atoms with Crippen LogP contribution in [-0.2, 0) is 4.79 Å². The Labute approximate surface area is 115 Å². The zero-order chi connectivity index (χ0) is 14.6. The van der Waals surface area contributed by atoms with Gasteiger partial charge in [0.05, 0.1) is 0 Å². The van der Waals surface area contributed by atoms with Crippen LogP contribution < -0.4 is 0 Å². The van der Waals surface area contributed by atoms with Crippen LogP contribution in [-0.4, -0.2) is 52.6 Å². The van der Waals surface area contributed by atoms with Gasteiger partial charge in [0.25, 0.3) is 0 Å². The Hall–Kier alpha value is -1.26. The molecule has 0 atom stereocenters. The second-order valence-corrected chi connectivity index (χ2v) is 6.40. The minimum absolute atomic E-state index is 0.0973. The SMILES string of the molecule is CC(C)N(CC(=O)O)C(=O)N1CCCC(C)(C)CC1. The smallest absolute Gasteiger partial charge is 0.323 e. The molecule has 0 aliphatic carbocycles. The number of carboxylic acid groups (broad SMARTS) is 1. The predicted molar refractivity (Wildman–Crippen MR) is 74.1 cm³/mol. The lowest BCUT2D eigenvalue weighted by molar-refractivity contribution is -0.138. The number of carboxylic acids is 1. The lowest BCUT2D eigenvalue weighted by Gasteiger charge is -2.32. The van der Waals surface area contributed by atoms with Crippen molar-refractivity contribution in [2.45, 2.75) is 53.0 Å². The van der Waals surface area contributed by atoms with E-state index in [0.717, 1.165) is 25.8 Å². The van der Waals surface area contributed by atoms with Gasteiger partial charge in [0.1, 0.15) is 6.54 Å². The molecule has 19 heavy (non-hydrogen) atoms. The van der Waals surface area contributed by atoms with Crippen molar-refractivity contribution in [1.29, 1.82) is 0 Å². The molecule has 1 aliphatic rings. The molecule has 0 aromatic rings. The third-order valence-corrected chi connectivity index (χ3v) is 3.79. The van der Waals surface area contributed by atoms with Crippen molar-refractivity contribution < 1.29 is 14.7 Å². The average Bonchev–Trinajstić information content (AvgIpc) is 2.45. The van der Waals surface area contributed by atoms with Crippen molar-refractivity contribution in [1.82, 2.24) is 9.80 Å². The largest absolute Gasteiger partial charge is 0.480 e. The van der Waals surface area contributed by atoms with E-state index in [-0.39, 0.29) is 24.0 Å². The lowest BCUT2D eigenvalue weighted by Crippen LogP contribution is -2.48. The third-order valence-electron chi connectivity index (χ3n) is 3.79. The van der Waals surface area contributed by atoms with Crippen LogP contribution in [0, 0.1) is 5.41 Å². The van der Waals surface area contributed by atoms with Gasteiger partial charge in [0.15, 0.2) is 0 Å². The first kappa shape index (κ1) is 15.8. The fourth-order valence-electron chi connectivity index (χ4n) is 2.41. The fraction of sp³-hybridized carbons (Fsp3) is 0.857. The Morgan fingerprint density at radius 3 is 2.42 bits per heavy atom. The number of likely N-dealkylation sites (tertiary alicyclic amines) is 1. The summed E-state index contributed by atoms with van der Waals surface area (Å²) in [4.78, 5) is 26.5. The summed E-state index contributed by atoms with van der Waals surface area (Å²) in [6, 6.07) is -0.241. The van der Waals surface area contributed by atoms with E-state index in [1.54, 1.807) is 4.90 Å².